The minimum atomic E-state index is -0.463. The van der Waals surface area contributed by atoms with E-state index in [0.717, 1.165) is 25.0 Å². The van der Waals surface area contributed by atoms with Crippen molar-refractivity contribution in [2.45, 2.75) is 71.6 Å². The maximum Gasteiger partial charge on any atom is 0.407 e. The molecule has 2 N–H and O–H groups in total. The molecule has 2 unspecified atom stereocenters. The third-order valence-electron chi connectivity index (χ3n) is 3.31. The maximum atomic E-state index is 11.7. The Morgan fingerprint density at radius 1 is 1.41 bits per heavy atom. The van der Waals surface area contributed by atoms with E-state index in [0.29, 0.717) is 12.6 Å². The van der Waals surface area contributed by atoms with Gasteiger partial charge in [0.15, 0.2) is 0 Å². The summed E-state index contributed by atoms with van der Waals surface area (Å²) in [5, 5.41) is 6.36. The van der Waals surface area contributed by atoms with E-state index in [1.165, 1.54) is 0 Å². The molecule has 1 amide bonds. The van der Waals surface area contributed by atoms with Crippen LogP contribution < -0.4 is 10.6 Å². The van der Waals surface area contributed by atoms with Gasteiger partial charge in [-0.25, -0.2) is 4.79 Å². The molecule has 0 radical (unpaired) electrons. The van der Waals surface area contributed by atoms with Crippen molar-refractivity contribution in [1.29, 1.82) is 0 Å². The number of ether oxygens (including phenoxy) is 1. The summed E-state index contributed by atoms with van der Waals surface area (Å²) in [6, 6.07) is 4.50. The van der Waals surface area contributed by atoms with E-state index < -0.39 is 5.60 Å². The van der Waals surface area contributed by atoms with Crippen LogP contribution in [-0.2, 0) is 11.2 Å². The van der Waals surface area contributed by atoms with Crippen LogP contribution in [-0.4, -0.2) is 30.3 Å². The molecule has 2 atom stereocenters. The van der Waals surface area contributed by atoms with Gasteiger partial charge < -0.3 is 19.8 Å². The van der Waals surface area contributed by atoms with Crippen molar-refractivity contribution in [3.05, 3.63) is 24.2 Å². The number of amides is 1. The fourth-order valence-corrected chi connectivity index (χ4v) is 2.14. The van der Waals surface area contributed by atoms with Crippen molar-refractivity contribution in [2.75, 3.05) is 6.54 Å². The number of alkyl carbamates (subject to hydrolysis) is 1. The number of hydrogen-bond acceptors (Lipinski definition) is 4. The van der Waals surface area contributed by atoms with Gasteiger partial charge in [0.1, 0.15) is 11.4 Å². The number of rotatable bonds is 8. The van der Waals surface area contributed by atoms with Crippen LogP contribution in [0.25, 0.3) is 0 Å². The van der Waals surface area contributed by atoms with Gasteiger partial charge in [-0.3, -0.25) is 0 Å². The SMILES string of the molecule is CCC(CNC(=O)OC(C)(C)C)NC(C)CCc1ccco1. The number of furan rings is 1. The van der Waals surface area contributed by atoms with Gasteiger partial charge in [0.05, 0.1) is 6.26 Å². The molecule has 22 heavy (non-hydrogen) atoms. The normalized spacial score (nSPS) is 14.4. The van der Waals surface area contributed by atoms with E-state index >= 15 is 0 Å². The summed E-state index contributed by atoms with van der Waals surface area (Å²) in [7, 11) is 0. The van der Waals surface area contributed by atoms with Crippen LogP contribution in [0.2, 0.25) is 0 Å². The van der Waals surface area contributed by atoms with Crippen LogP contribution in [0.4, 0.5) is 4.79 Å². The minimum absolute atomic E-state index is 0.235. The van der Waals surface area contributed by atoms with Gasteiger partial charge in [-0.05, 0) is 52.7 Å². The first-order chi connectivity index (χ1) is 10.3. The van der Waals surface area contributed by atoms with Crippen LogP contribution in [0.3, 0.4) is 0 Å². The Morgan fingerprint density at radius 2 is 2.14 bits per heavy atom. The summed E-state index contributed by atoms with van der Waals surface area (Å²) in [6.07, 6.45) is 4.19. The highest BCUT2D eigenvalue weighted by Gasteiger charge is 2.17. The first kappa shape index (κ1) is 18.6. The molecule has 0 aliphatic carbocycles. The average molecular weight is 310 g/mol. The zero-order chi connectivity index (χ0) is 16.6. The molecule has 0 fully saturated rings. The lowest BCUT2D eigenvalue weighted by Gasteiger charge is -2.24. The van der Waals surface area contributed by atoms with E-state index in [1.807, 2.05) is 32.9 Å². The second-order valence-corrected chi connectivity index (χ2v) is 6.67. The fraction of sp³-hybridized carbons (Fsp3) is 0.706. The zero-order valence-electron chi connectivity index (χ0n) is 14.4. The van der Waals surface area contributed by atoms with E-state index in [-0.39, 0.29) is 12.1 Å². The topological polar surface area (TPSA) is 63.5 Å². The first-order valence-electron chi connectivity index (χ1n) is 8.05. The van der Waals surface area contributed by atoms with Crippen molar-refractivity contribution in [3.8, 4) is 0 Å². The molecule has 0 aliphatic rings. The smallest absolute Gasteiger partial charge is 0.407 e. The predicted molar refractivity (Wildman–Crippen MR) is 87.9 cm³/mol. The van der Waals surface area contributed by atoms with Gasteiger partial charge in [0, 0.05) is 25.0 Å². The fourth-order valence-electron chi connectivity index (χ4n) is 2.14. The summed E-state index contributed by atoms with van der Waals surface area (Å²) in [4.78, 5) is 11.7. The average Bonchev–Trinajstić information content (AvgIpc) is 2.92. The van der Waals surface area contributed by atoms with Crippen molar-refractivity contribution in [2.24, 2.45) is 0 Å². The Kier molecular flexibility index (Phi) is 7.45. The number of carbonyl (C=O) groups is 1. The highest BCUT2D eigenvalue weighted by atomic mass is 16.6. The highest BCUT2D eigenvalue weighted by Crippen LogP contribution is 2.08. The third kappa shape index (κ3) is 8.08. The van der Waals surface area contributed by atoms with Crippen LogP contribution in [0, 0.1) is 0 Å². The van der Waals surface area contributed by atoms with Crippen molar-refractivity contribution >= 4 is 6.09 Å². The quantitative estimate of drug-likeness (QED) is 0.771. The monoisotopic (exact) mass is 310 g/mol. The molecule has 0 aromatic carbocycles. The number of hydrogen-bond donors (Lipinski definition) is 2. The van der Waals surface area contributed by atoms with E-state index in [9.17, 15) is 4.79 Å². The Morgan fingerprint density at radius 3 is 2.68 bits per heavy atom. The van der Waals surface area contributed by atoms with Gasteiger partial charge >= 0.3 is 6.09 Å². The van der Waals surface area contributed by atoms with Crippen molar-refractivity contribution in [3.63, 3.8) is 0 Å². The lowest BCUT2D eigenvalue weighted by atomic mass is 10.1. The number of nitrogens with one attached hydrogen (secondary N) is 2. The molecule has 1 aromatic rings. The molecule has 126 valence electrons. The van der Waals surface area contributed by atoms with Gasteiger partial charge in [0.25, 0.3) is 0 Å². The second kappa shape index (κ2) is 8.83. The maximum absolute atomic E-state index is 11.7. The van der Waals surface area contributed by atoms with Crippen molar-refractivity contribution < 1.29 is 13.9 Å². The largest absolute Gasteiger partial charge is 0.469 e. The zero-order valence-corrected chi connectivity index (χ0v) is 14.4. The summed E-state index contributed by atoms with van der Waals surface area (Å²) in [5.41, 5.74) is -0.463. The van der Waals surface area contributed by atoms with Crippen LogP contribution >= 0.6 is 0 Å². The number of aryl methyl sites for hydroxylation is 1. The summed E-state index contributed by atoms with van der Waals surface area (Å²) >= 11 is 0. The summed E-state index contributed by atoms with van der Waals surface area (Å²) < 4.78 is 10.6. The molecule has 1 aromatic heterocycles. The molecule has 1 heterocycles. The lowest BCUT2D eigenvalue weighted by Crippen LogP contribution is -2.45. The molecule has 0 spiro atoms. The Bertz CT molecular complexity index is 424. The minimum Gasteiger partial charge on any atom is -0.469 e. The summed E-state index contributed by atoms with van der Waals surface area (Å²) in [5.74, 6) is 1.01. The van der Waals surface area contributed by atoms with Crippen LogP contribution in [0.1, 0.15) is 53.2 Å². The van der Waals surface area contributed by atoms with E-state index in [4.69, 9.17) is 9.15 Å². The Balaban J connectivity index is 2.27. The lowest BCUT2D eigenvalue weighted by molar-refractivity contribution is 0.0521. The molecule has 0 saturated carbocycles. The van der Waals surface area contributed by atoms with Crippen LogP contribution in [0.15, 0.2) is 22.8 Å². The molecular weight excluding hydrogens is 280 g/mol. The van der Waals surface area contributed by atoms with Crippen LogP contribution in [0.5, 0.6) is 0 Å². The van der Waals surface area contributed by atoms with Gasteiger partial charge in [-0.15, -0.1) is 0 Å². The van der Waals surface area contributed by atoms with Gasteiger partial charge in [0.2, 0.25) is 0 Å². The Hall–Kier alpha value is -1.49. The standard InChI is InChI=1S/C17H30N2O3/c1-6-14(12-18-16(20)22-17(3,4)5)19-13(2)9-10-15-8-7-11-21-15/h7-8,11,13-14,19H,6,9-10,12H2,1-5H3,(H,18,20). The van der Waals surface area contributed by atoms with E-state index in [1.54, 1.807) is 6.26 Å². The second-order valence-electron chi connectivity index (χ2n) is 6.67. The van der Waals surface area contributed by atoms with Gasteiger partial charge in [-0.2, -0.15) is 0 Å². The molecular formula is C17H30N2O3. The van der Waals surface area contributed by atoms with Crippen molar-refractivity contribution in [1.82, 2.24) is 10.6 Å². The predicted octanol–water partition coefficient (Wildman–Crippen LogP) is 3.49. The first-order valence-corrected chi connectivity index (χ1v) is 8.05. The Labute approximate surface area is 133 Å². The van der Waals surface area contributed by atoms with Gasteiger partial charge in [-0.1, -0.05) is 6.92 Å². The molecule has 0 saturated heterocycles. The molecule has 5 nitrogen and oxygen atoms in total. The molecule has 1 rings (SSSR count). The highest BCUT2D eigenvalue weighted by molar-refractivity contribution is 5.67. The molecule has 5 heteroatoms. The summed E-state index contributed by atoms with van der Waals surface area (Å²) in [6.45, 7) is 10.4. The third-order valence-corrected chi connectivity index (χ3v) is 3.31. The molecule has 0 bridgehead atoms. The number of carbonyl (C=O) groups excluding carboxylic acids is 1. The van der Waals surface area contributed by atoms with E-state index in [2.05, 4.69) is 24.5 Å². The molecule has 0 aliphatic heterocycles.